The number of benzene rings is 2. The Kier molecular flexibility index (Phi) is 9.75. The summed E-state index contributed by atoms with van der Waals surface area (Å²) >= 11 is 1.27. The van der Waals surface area contributed by atoms with E-state index < -0.39 is 11.2 Å². The molecule has 1 atom stereocenters. The molecule has 1 heterocycles. The van der Waals surface area contributed by atoms with Gasteiger partial charge in [0.05, 0.1) is 32.1 Å². The number of hydrogen-bond donors (Lipinski definition) is 1. The quantitative estimate of drug-likeness (QED) is 0.458. The number of amides is 2. The largest absolute Gasteiger partial charge is 0.493 e. The summed E-state index contributed by atoms with van der Waals surface area (Å²) in [4.78, 5) is 43.6. The molecule has 1 saturated heterocycles. The number of ether oxygens (including phenoxy) is 3. The van der Waals surface area contributed by atoms with Crippen molar-refractivity contribution in [3.8, 4) is 11.5 Å². The van der Waals surface area contributed by atoms with Crippen molar-refractivity contribution in [3.05, 3.63) is 53.6 Å². The highest BCUT2D eigenvalue weighted by Crippen LogP contribution is 2.33. The Morgan fingerprint density at radius 3 is 2.42 bits per heavy atom. The molecule has 1 N–H and O–H groups in total. The zero-order chi connectivity index (χ0) is 26.1. The van der Waals surface area contributed by atoms with E-state index in [1.807, 2.05) is 25.1 Å². The Balaban J connectivity index is 1.82. The SMILES string of the molecule is CCNC(=O)C[C@H]1SC(=Nc2ccc(C(=O)OCC)cc2)N(CCc2ccc(OC)c(OC)c2)C1=O. The fraction of sp³-hybridized carbons (Fsp3) is 0.385. The van der Waals surface area contributed by atoms with E-state index in [9.17, 15) is 14.4 Å². The summed E-state index contributed by atoms with van der Waals surface area (Å²) in [7, 11) is 3.15. The predicted molar refractivity (Wildman–Crippen MR) is 139 cm³/mol. The van der Waals surface area contributed by atoms with Crippen molar-refractivity contribution in [2.45, 2.75) is 31.9 Å². The molecule has 1 aliphatic rings. The fourth-order valence-electron chi connectivity index (χ4n) is 3.64. The number of nitrogens with one attached hydrogen (secondary N) is 1. The monoisotopic (exact) mass is 513 g/mol. The summed E-state index contributed by atoms with van der Waals surface area (Å²) in [6.07, 6.45) is 0.631. The maximum atomic E-state index is 13.2. The number of thioether (sulfide) groups is 1. The van der Waals surface area contributed by atoms with E-state index in [1.165, 1.54) is 11.8 Å². The Hall–Kier alpha value is -3.53. The number of rotatable bonds is 11. The van der Waals surface area contributed by atoms with E-state index >= 15 is 0 Å². The van der Waals surface area contributed by atoms with Crippen LogP contribution in [0.1, 0.15) is 36.2 Å². The van der Waals surface area contributed by atoms with Gasteiger partial charge in [-0.15, -0.1) is 0 Å². The maximum Gasteiger partial charge on any atom is 0.338 e. The van der Waals surface area contributed by atoms with Crippen molar-refractivity contribution in [2.24, 2.45) is 4.99 Å². The first-order valence-corrected chi connectivity index (χ1v) is 12.6. The summed E-state index contributed by atoms with van der Waals surface area (Å²) in [5, 5.41) is 2.70. The van der Waals surface area contributed by atoms with Gasteiger partial charge in [-0.1, -0.05) is 17.8 Å². The van der Waals surface area contributed by atoms with Crippen LogP contribution in [0.5, 0.6) is 11.5 Å². The van der Waals surface area contributed by atoms with Crippen LogP contribution in [0.25, 0.3) is 0 Å². The highest BCUT2D eigenvalue weighted by Gasteiger charge is 2.39. The van der Waals surface area contributed by atoms with Crippen molar-refractivity contribution < 1.29 is 28.6 Å². The first-order chi connectivity index (χ1) is 17.4. The van der Waals surface area contributed by atoms with Crippen LogP contribution in [0, 0.1) is 0 Å². The van der Waals surface area contributed by atoms with E-state index in [1.54, 1.807) is 50.3 Å². The average molecular weight is 514 g/mol. The van der Waals surface area contributed by atoms with Gasteiger partial charge in [-0.2, -0.15) is 0 Å². The average Bonchev–Trinajstić information content (AvgIpc) is 3.16. The number of amidine groups is 1. The summed E-state index contributed by atoms with van der Waals surface area (Å²) in [5.41, 5.74) is 1.99. The second kappa shape index (κ2) is 13.0. The number of carbonyl (C=O) groups excluding carboxylic acids is 3. The van der Waals surface area contributed by atoms with Gasteiger partial charge in [0, 0.05) is 19.5 Å². The molecule has 0 unspecified atom stereocenters. The van der Waals surface area contributed by atoms with Gasteiger partial charge in [-0.05, 0) is 62.2 Å². The minimum atomic E-state index is -0.556. The van der Waals surface area contributed by atoms with E-state index in [-0.39, 0.29) is 18.2 Å². The number of carbonyl (C=O) groups is 3. The fourth-order valence-corrected chi connectivity index (χ4v) is 4.83. The topological polar surface area (TPSA) is 107 Å². The molecule has 0 saturated carbocycles. The molecule has 0 radical (unpaired) electrons. The van der Waals surface area contributed by atoms with Gasteiger partial charge in [0.25, 0.3) is 0 Å². The molecule has 3 rings (SSSR count). The third kappa shape index (κ3) is 6.78. The molecule has 9 nitrogen and oxygen atoms in total. The lowest BCUT2D eigenvalue weighted by Gasteiger charge is -2.17. The van der Waals surface area contributed by atoms with Gasteiger partial charge in [-0.3, -0.25) is 14.5 Å². The molecule has 36 heavy (non-hydrogen) atoms. The smallest absolute Gasteiger partial charge is 0.338 e. The van der Waals surface area contributed by atoms with Gasteiger partial charge in [-0.25, -0.2) is 9.79 Å². The first-order valence-electron chi connectivity index (χ1n) is 11.7. The van der Waals surface area contributed by atoms with Crippen molar-refractivity contribution in [1.29, 1.82) is 0 Å². The molecule has 0 aromatic heterocycles. The highest BCUT2D eigenvalue weighted by atomic mass is 32.2. The molecule has 0 aliphatic carbocycles. The Labute approximate surface area is 215 Å². The van der Waals surface area contributed by atoms with Gasteiger partial charge in [0.2, 0.25) is 11.8 Å². The van der Waals surface area contributed by atoms with Crippen LogP contribution in [-0.2, 0) is 20.7 Å². The van der Waals surface area contributed by atoms with Crippen molar-refractivity contribution in [2.75, 3.05) is 33.9 Å². The van der Waals surface area contributed by atoms with E-state index in [4.69, 9.17) is 14.2 Å². The minimum Gasteiger partial charge on any atom is -0.493 e. The second-order valence-corrected chi connectivity index (χ2v) is 9.02. The zero-order valence-corrected chi connectivity index (χ0v) is 21.7. The van der Waals surface area contributed by atoms with Crippen LogP contribution >= 0.6 is 11.8 Å². The third-order valence-electron chi connectivity index (χ3n) is 5.44. The molecule has 2 amide bonds. The van der Waals surface area contributed by atoms with E-state index in [0.29, 0.717) is 54.0 Å². The molecular weight excluding hydrogens is 482 g/mol. The Morgan fingerprint density at radius 2 is 1.78 bits per heavy atom. The van der Waals surface area contributed by atoms with Crippen LogP contribution < -0.4 is 14.8 Å². The van der Waals surface area contributed by atoms with Crippen LogP contribution in [0.4, 0.5) is 5.69 Å². The number of esters is 1. The molecule has 2 aromatic rings. The third-order valence-corrected chi connectivity index (χ3v) is 6.62. The van der Waals surface area contributed by atoms with Crippen LogP contribution in [0.15, 0.2) is 47.5 Å². The number of hydrogen-bond acceptors (Lipinski definition) is 8. The summed E-state index contributed by atoms with van der Waals surface area (Å²) in [6.45, 7) is 4.77. The van der Waals surface area contributed by atoms with E-state index in [2.05, 4.69) is 10.3 Å². The molecule has 1 fully saturated rings. The predicted octanol–water partition coefficient (Wildman–Crippen LogP) is 3.58. The van der Waals surface area contributed by atoms with Crippen molar-refractivity contribution in [1.82, 2.24) is 10.2 Å². The summed E-state index contributed by atoms with van der Waals surface area (Å²) < 4.78 is 15.7. The minimum absolute atomic E-state index is 0.0744. The lowest BCUT2D eigenvalue weighted by Crippen LogP contribution is -2.36. The molecule has 0 spiro atoms. The number of methoxy groups -OCH3 is 2. The Morgan fingerprint density at radius 1 is 1.06 bits per heavy atom. The Bertz CT molecular complexity index is 1120. The van der Waals surface area contributed by atoms with Crippen LogP contribution in [-0.4, -0.2) is 67.0 Å². The summed E-state index contributed by atoms with van der Waals surface area (Å²) in [5.74, 6) is 0.504. The van der Waals surface area contributed by atoms with Crippen molar-refractivity contribution >= 4 is 40.4 Å². The molecule has 1 aliphatic heterocycles. The normalized spacial score (nSPS) is 16.2. The van der Waals surface area contributed by atoms with Gasteiger partial charge in [0.15, 0.2) is 16.7 Å². The second-order valence-electron chi connectivity index (χ2n) is 7.86. The number of aliphatic imine (C=N–C) groups is 1. The molecule has 10 heteroatoms. The van der Waals surface area contributed by atoms with Gasteiger partial charge in [0.1, 0.15) is 5.25 Å². The highest BCUT2D eigenvalue weighted by molar-refractivity contribution is 8.15. The molecule has 0 bridgehead atoms. The van der Waals surface area contributed by atoms with Crippen LogP contribution in [0.2, 0.25) is 0 Å². The first kappa shape index (κ1) is 27.1. The summed E-state index contributed by atoms with van der Waals surface area (Å²) in [6, 6.07) is 12.3. The molecule has 2 aromatic carbocycles. The van der Waals surface area contributed by atoms with Gasteiger partial charge < -0.3 is 19.5 Å². The zero-order valence-electron chi connectivity index (χ0n) is 20.9. The number of nitrogens with zero attached hydrogens (tertiary/aromatic N) is 2. The lowest BCUT2D eigenvalue weighted by atomic mass is 10.1. The van der Waals surface area contributed by atoms with E-state index in [0.717, 1.165) is 5.56 Å². The molecule has 192 valence electrons. The lowest BCUT2D eigenvalue weighted by molar-refractivity contribution is -0.129. The molecular formula is C26H31N3O6S. The van der Waals surface area contributed by atoms with Crippen molar-refractivity contribution in [3.63, 3.8) is 0 Å². The maximum absolute atomic E-state index is 13.2. The van der Waals surface area contributed by atoms with Crippen LogP contribution in [0.3, 0.4) is 0 Å². The standard InChI is InChI=1S/C26H31N3O6S/c1-5-27-23(30)16-22-24(31)29(14-13-17-7-12-20(33-3)21(15-17)34-4)26(36-22)28-19-10-8-18(9-11-19)25(32)35-6-2/h7-12,15,22H,5-6,13-14,16H2,1-4H3,(H,27,30)/t22-/m1/s1. The van der Waals surface area contributed by atoms with Gasteiger partial charge >= 0.3 is 5.97 Å².